The second kappa shape index (κ2) is 5.89. The first-order chi connectivity index (χ1) is 9.40. The molecule has 20 heavy (non-hydrogen) atoms. The molecule has 0 amide bonds. The highest BCUT2D eigenvalue weighted by atomic mass is 16.5. The minimum atomic E-state index is -0.292. The maximum absolute atomic E-state index is 6.16. The average Bonchev–Trinajstić information content (AvgIpc) is 2.38. The van der Waals surface area contributed by atoms with Crippen LogP contribution in [0.15, 0.2) is 30.3 Å². The second-order valence-electron chi connectivity index (χ2n) is 6.44. The summed E-state index contributed by atoms with van der Waals surface area (Å²) in [5, 5.41) is 0. The van der Waals surface area contributed by atoms with Gasteiger partial charge in [0.05, 0.1) is 12.1 Å². The lowest BCUT2D eigenvalue weighted by atomic mass is 9.88. The topological polar surface area (TPSA) is 12.5 Å². The minimum absolute atomic E-state index is 0.0486. The average molecular weight is 271 g/mol. The molecule has 1 fully saturated rings. The van der Waals surface area contributed by atoms with Gasteiger partial charge < -0.3 is 9.64 Å². The van der Waals surface area contributed by atoms with Crippen LogP contribution in [0.1, 0.15) is 40.0 Å². The number of hydrogen-bond acceptors (Lipinski definition) is 2. The van der Waals surface area contributed by atoms with E-state index in [0.717, 1.165) is 19.4 Å². The third-order valence-corrected chi connectivity index (χ3v) is 3.80. The van der Waals surface area contributed by atoms with Gasteiger partial charge in [-0.1, -0.05) is 30.0 Å². The van der Waals surface area contributed by atoms with Gasteiger partial charge in [-0.25, -0.2) is 0 Å². The molecule has 108 valence electrons. The summed E-state index contributed by atoms with van der Waals surface area (Å²) in [6, 6.07) is 10.3. The van der Waals surface area contributed by atoms with Crippen molar-refractivity contribution in [1.29, 1.82) is 0 Å². The Morgan fingerprint density at radius 2 is 1.85 bits per heavy atom. The molecule has 2 heteroatoms. The molecule has 0 bridgehead atoms. The summed E-state index contributed by atoms with van der Waals surface area (Å²) in [4.78, 5) is 2.16. The van der Waals surface area contributed by atoms with Gasteiger partial charge in [-0.15, -0.1) is 0 Å². The monoisotopic (exact) mass is 271 g/mol. The third-order valence-electron chi connectivity index (χ3n) is 3.80. The Morgan fingerprint density at radius 1 is 1.15 bits per heavy atom. The molecule has 2 nitrogen and oxygen atoms in total. The minimum Gasteiger partial charge on any atom is -0.363 e. The summed E-state index contributed by atoms with van der Waals surface area (Å²) < 4.78 is 6.16. The van der Waals surface area contributed by atoms with E-state index in [4.69, 9.17) is 4.74 Å². The molecule has 0 radical (unpaired) electrons. The van der Waals surface area contributed by atoms with Crippen LogP contribution in [-0.4, -0.2) is 24.8 Å². The molecule has 1 aliphatic heterocycles. The quantitative estimate of drug-likeness (QED) is 0.757. The van der Waals surface area contributed by atoms with E-state index in [-0.39, 0.29) is 11.2 Å². The van der Waals surface area contributed by atoms with E-state index < -0.39 is 0 Å². The number of hydrogen-bond donors (Lipinski definition) is 0. The van der Waals surface area contributed by atoms with E-state index in [1.54, 1.807) is 0 Å². The zero-order valence-electron chi connectivity index (χ0n) is 13.1. The normalized spacial score (nSPS) is 24.6. The van der Waals surface area contributed by atoms with Gasteiger partial charge in [0, 0.05) is 12.7 Å². The van der Waals surface area contributed by atoms with Gasteiger partial charge in [-0.3, -0.25) is 0 Å². The fourth-order valence-corrected chi connectivity index (χ4v) is 2.77. The van der Waals surface area contributed by atoms with Crippen molar-refractivity contribution in [2.45, 2.75) is 51.2 Å². The van der Waals surface area contributed by atoms with Gasteiger partial charge in [0.2, 0.25) is 0 Å². The smallest absolute Gasteiger partial charge is 0.126 e. The first-order valence-corrected chi connectivity index (χ1v) is 7.37. The number of rotatable bonds is 2. The molecule has 1 aromatic rings. The van der Waals surface area contributed by atoms with Crippen LogP contribution in [0.3, 0.4) is 0 Å². The summed E-state index contributed by atoms with van der Waals surface area (Å²) in [5.41, 5.74) is 0.851. The van der Waals surface area contributed by atoms with Crippen molar-refractivity contribution in [2.75, 3.05) is 18.5 Å². The van der Waals surface area contributed by atoms with Crippen LogP contribution in [-0.2, 0) is 4.74 Å². The Morgan fingerprint density at radius 3 is 2.50 bits per heavy atom. The Kier molecular flexibility index (Phi) is 4.40. The summed E-state index contributed by atoms with van der Waals surface area (Å²) in [5.74, 6) is 6.62. The van der Waals surface area contributed by atoms with Gasteiger partial charge in [0.25, 0.3) is 0 Å². The van der Waals surface area contributed by atoms with Crippen LogP contribution in [0.25, 0.3) is 0 Å². The van der Waals surface area contributed by atoms with E-state index in [2.05, 4.69) is 56.7 Å². The van der Waals surface area contributed by atoms with Crippen molar-refractivity contribution in [1.82, 2.24) is 0 Å². The van der Waals surface area contributed by atoms with Crippen molar-refractivity contribution in [3.05, 3.63) is 30.3 Å². The number of para-hydroxylation sites is 1. The Hall–Kier alpha value is -1.46. The fourth-order valence-electron chi connectivity index (χ4n) is 2.77. The molecule has 2 rings (SSSR count). The Balaban J connectivity index is 1.97. The molecule has 1 heterocycles. The zero-order valence-corrected chi connectivity index (χ0v) is 13.1. The maximum Gasteiger partial charge on any atom is 0.126 e. The predicted octanol–water partition coefficient (Wildman–Crippen LogP) is 3.86. The lowest BCUT2D eigenvalue weighted by Crippen LogP contribution is -2.42. The Labute approximate surface area is 123 Å². The molecule has 0 N–H and O–H groups in total. The number of nitrogens with zero attached hydrogens (tertiary/aromatic N) is 1. The SMILES string of the molecule is CN(CC#C[C@]1(C)CCCC(C)(C)O1)c1ccccc1. The summed E-state index contributed by atoms with van der Waals surface area (Å²) in [7, 11) is 2.07. The van der Waals surface area contributed by atoms with Gasteiger partial charge in [-0.2, -0.15) is 0 Å². The molecule has 0 unspecified atom stereocenters. The second-order valence-corrected chi connectivity index (χ2v) is 6.44. The van der Waals surface area contributed by atoms with Crippen LogP contribution in [0, 0.1) is 11.8 Å². The fraction of sp³-hybridized carbons (Fsp3) is 0.556. The van der Waals surface area contributed by atoms with Crippen molar-refractivity contribution in [2.24, 2.45) is 0 Å². The molecular formula is C18H25NO. The zero-order chi connectivity index (χ0) is 14.6. The van der Waals surface area contributed by atoms with Crippen LogP contribution >= 0.6 is 0 Å². The molecule has 0 aliphatic carbocycles. The highest BCUT2D eigenvalue weighted by molar-refractivity contribution is 5.46. The highest BCUT2D eigenvalue weighted by Gasteiger charge is 2.35. The standard InChI is InChI=1S/C18H25NO/c1-17(2)12-8-13-18(3,20-17)14-9-15-19(4)16-10-6-5-7-11-16/h5-7,10-11H,8,12-13,15H2,1-4H3/t18-/m0/s1. The van der Waals surface area contributed by atoms with Crippen LogP contribution in [0.4, 0.5) is 5.69 Å². The number of anilines is 1. The van der Waals surface area contributed by atoms with Crippen molar-refractivity contribution in [3.63, 3.8) is 0 Å². The highest BCUT2D eigenvalue weighted by Crippen LogP contribution is 2.34. The molecule has 1 atom stereocenters. The van der Waals surface area contributed by atoms with Gasteiger partial charge in [-0.05, 0) is 52.2 Å². The Bertz CT molecular complexity index is 497. The van der Waals surface area contributed by atoms with E-state index in [0.29, 0.717) is 0 Å². The van der Waals surface area contributed by atoms with Gasteiger partial charge in [0.1, 0.15) is 5.60 Å². The molecule has 1 aromatic carbocycles. The van der Waals surface area contributed by atoms with Gasteiger partial charge >= 0.3 is 0 Å². The molecule has 1 aliphatic rings. The molecular weight excluding hydrogens is 246 g/mol. The summed E-state index contributed by atoms with van der Waals surface area (Å²) in [6.07, 6.45) is 3.33. The van der Waals surface area contributed by atoms with Crippen LogP contribution in [0.5, 0.6) is 0 Å². The number of ether oxygens (including phenoxy) is 1. The van der Waals surface area contributed by atoms with Crippen LogP contribution in [0.2, 0.25) is 0 Å². The molecule has 0 aromatic heterocycles. The van der Waals surface area contributed by atoms with Crippen molar-refractivity contribution in [3.8, 4) is 11.8 Å². The van der Waals surface area contributed by atoms with Crippen molar-refractivity contribution >= 4 is 5.69 Å². The first kappa shape index (κ1) is 14.9. The summed E-state index contributed by atoms with van der Waals surface area (Å²) in [6.45, 7) is 7.15. The largest absolute Gasteiger partial charge is 0.363 e. The first-order valence-electron chi connectivity index (χ1n) is 7.37. The molecule has 1 saturated heterocycles. The van der Waals surface area contributed by atoms with Gasteiger partial charge in [0.15, 0.2) is 0 Å². The third kappa shape index (κ3) is 4.02. The lowest BCUT2D eigenvalue weighted by molar-refractivity contribution is -0.135. The maximum atomic E-state index is 6.16. The number of benzene rings is 1. The summed E-state index contributed by atoms with van der Waals surface area (Å²) >= 11 is 0. The lowest BCUT2D eigenvalue weighted by Gasteiger charge is -2.40. The molecule has 0 saturated carbocycles. The predicted molar refractivity (Wildman–Crippen MR) is 84.9 cm³/mol. The van der Waals surface area contributed by atoms with E-state index >= 15 is 0 Å². The van der Waals surface area contributed by atoms with E-state index in [1.165, 1.54) is 12.1 Å². The van der Waals surface area contributed by atoms with Crippen molar-refractivity contribution < 1.29 is 4.74 Å². The van der Waals surface area contributed by atoms with E-state index in [9.17, 15) is 0 Å². The van der Waals surface area contributed by atoms with Crippen LogP contribution < -0.4 is 4.90 Å². The van der Waals surface area contributed by atoms with E-state index in [1.807, 2.05) is 18.2 Å². The molecule has 0 spiro atoms.